The van der Waals surface area contributed by atoms with Crippen molar-refractivity contribution in [2.24, 2.45) is 7.05 Å². The van der Waals surface area contributed by atoms with Gasteiger partial charge in [-0.25, -0.2) is 9.37 Å². The van der Waals surface area contributed by atoms with Gasteiger partial charge in [-0.05, 0) is 50.5 Å². The number of aromatic amines is 1. The lowest BCUT2D eigenvalue weighted by molar-refractivity contribution is 0.0594. The van der Waals surface area contributed by atoms with Gasteiger partial charge in [0.2, 0.25) is 0 Å². The summed E-state index contributed by atoms with van der Waals surface area (Å²) in [5.41, 5.74) is 2.76. The zero-order valence-electron chi connectivity index (χ0n) is 14.3. The number of piperidine rings is 1. The number of hydrogen-bond donors (Lipinski definition) is 1. The number of amides is 1. The number of carbonyl (C=O) groups excluding carboxylic acids is 1. The minimum Gasteiger partial charge on any atom is -0.340 e. The van der Waals surface area contributed by atoms with Crippen molar-refractivity contribution in [3.63, 3.8) is 0 Å². The van der Waals surface area contributed by atoms with Gasteiger partial charge in [-0.1, -0.05) is 0 Å². The maximum Gasteiger partial charge on any atom is 0.274 e. The fourth-order valence-electron chi connectivity index (χ4n) is 3.43. The van der Waals surface area contributed by atoms with Crippen LogP contribution in [0.4, 0.5) is 4.39 Å². The molecule has 0 aliphatic carbocycles. The highest BCUT2D eigenvalue weighted by Crippen LogP contribution is 2.31. The predicted molar refractivity (Wildman–Crippen MR) is 91.6 cm³/mol. The summed E-state index contributed by atoms with van der Waals surface area (Å²) < 4.78 is 15.1. The average molecular weight is 341 g/mol. The Labute approximate surface area is 144 Å². The first-order chi connectivity index (χ1) is 12.0. The Kier molecular flexibility index (Phi) is 3.78. The van der Waals surface area contributed by atoms with Gasteiger partial charge in [0.05, 0.1) is 17.1 Å². The van der Waals surface area contributed by atoms with Crippen LogP contribution in [0.25, 0.3) is 11.0 Å². The predicted octanol–water partition coefficient (Wildman–Crippen LogP) is 3.11. The molecule has 0 radical (unpaired) electrons. The molecule has 7 heteroatoms. The van der Waals surface area contributed by atoms with Gasteiger partial charge in [-0.15, -0.1) is 0 Å². The van der Waals surface area contributed by atoms with Crippen LogP contribution in [-0.2, 0) is 7.05 Å². The number of likely N-dealkylation sites (tertiary alicyclic amines) is 1. The Bertz CT molecular complexity index is 925. The summed E-state index contributed by atoms with van der Waals surface area (Å²) >= 11 is 0. The van der Waals surface area contributed by atoms with Gasteiger partial charge >= 0.3 is 0 Å². The van der Waals surface area contributed by atoms with Crippen LogP contribution < -0.4 is 0 Å². The summed E-state index contributed by atoms with van der Waals surface area (Å²) in [5, 5.41) is 4.31. The standard InChI is InChI=1S/C18H20FN5O/c1-11-9-15(22-23(11)2)18(25)24-8-4-3-5-16(24)17-20-13-7-6-12(19)10-14(13)21-17/h6-7,9-10,16H,3-5,8H2,1-2H3,(H,20,21)/t16-/m0/s1. The second kappa shape index (κ2) is 5.98. The monoisotopic (exact) mass is 341 g/mol. The van der Waals surface area contributed by atoms with Gasteiger partial charge in [0.1, 0.15) is 11.6 Å². The summed E-state index contributed by atoms with van der Waals surface area (Å²) in [6.07, 6.45) is 2.82. The molecule has 0 unspecified atom stereocenters. The molecule has 6 nitrogen and oxygen atoms in total. The number of aromatic nitrogens is 4. The molecule has 1 aromatic carbocycles. The number of rotatable bonds is 2. The van der Waals surface area contributed by atoms with E-state index in [0.29, 0.717) is 29.1 Å². The largest absolute Gasteiger partial charge is 0.340 e. The van der Waals surface area contributed by atoms with Crippen LogP contribution >= 0.6 is 0 Å². The fourth-order valence-corrected chi connectivity index (χ4v) is 3.43. The lowest BCUT2D eigenvalue weighted by atomic mass is 10.0. The maximum absolute atomic E-state index is 13.4. The van der Waals surface area contributed by atoms with Crippen LogP contribution in [-0.4, -0.2) is 37.1 Å². The van der Waals surface area contributed by atoms with Gasteiger partial charge in [-0.3, -0.25) is 9.48 Å². The smallest absolute Gasteiger partial charge is 0.274 e. The second-order valence-corrected chi connectivity index (χ2v) is 6.59. The molecule has 0 spiro atoms. The molecule has 1 fully saturated rings. The molecule has 3 aromatic rings. The van der Waals surface area contributed by atoms with Gasteiger partial charge in [-0.2, -0.15) is 5.10 Å². The van der Waals surface area contributed by atoms with Crippen molar-refractivity contribution >= 4 is 16.9 Å². The molecule has 1 aliphatic rings. The van der Waals surface area contributed by atoms with Crippen LogP contribution in [0.15, 0.2) is 24.3 Å². The fraction of sp³-hybridized carbons (Fsp3) is 0.389. The molecule has 3 heterocycles. The Morgan fingerprint density at radius 3 is 2.92 bits per heavy atom. The number of nitrogens with one attached hydrogen (secondary N) is 1. The van der Waals surface area contributed by atoms with E-state index in [1.165, 1.54) is 12.1 Å². The molecule has 25 heavy (non-hydrogen) atoms. The zero-order chi connectivity index (χ0) is 17.6. The Morgan fingerprint density at radius 2 is 2.16 bits per heavy atom. The number of benzene rings is 1. The van der Waals surface area contributed by atoms with Crippen molar-refractivity contribution in [2.45, 2.75) is 32.2 Å². The number of imidazole rings is 1. The molecule has 1 N–H and O–H groups in total. The van der Waals surface area contributed by atoms with Gasteiger partial charge < -0.3 is 9.88 Å². The Balaban J connectivity index is 1.69. The highest BCUT2D eigenvalue weighted by Gasteiger charge is 2.32. The van der Waals surface area contributed by atoms with Gasteiger partial charge in [0.15, 0.2) is 5.69 Å². The van der Waals surface area contributed by atoms with Crippen molar-refractivity contribution in [1.82, 2.24) is 24.6 Å². The van der Waals surface area contributed by atoms with Gasteiger partial charge in [0, 0.05) is 19.3 Å². The van der Waals surface area contributed by atoms with E-state index in [9.17, 15) is 9.18 Å². The SMILES string of the molecule is Cc1cc(C(=O)N2CCCC[C@H]2c2nc3ccc(F)cc3[nH]2)nn1C. The van der Waals surface area contributed by atoms with E-state index < -0.39 is 0 Å². The van der Waals surface area contributed by atoms with Crippen LogP contribution in [0.1, 0.15) is 47.3 Å². The molecule has 1 amide bonds. The van der Waals surface area contributed by atoms with Crippen molar-refractivity contribution in [3.05, 3.63) is 47.3 Å². The number of H-pyrrole nitrogens is 1. The van der Waals surface area contributed by atoms with E-state index in [1.54, 1.807) is 10.7 Å². The molecular weight excluding hydrogens is 321 g/mol. The number of nitrogens with zero attached hydrogens (tertiary/aromatic N) is 4. The highest BCUT2D eigenvalue weighted by atomic mass is 19.1. The average Bonchev–Trinajstić information content (AvgIpc) is 3.17. The summed E-state index contributed by atoms with van der Waals surface area (Å²) in [7, 11) is 1.83. The minimum absolute atomic E-state index is 0.0833. The third-order valence-electron chi connectivity index (χ3n) is 4.87. The minimum atomic E-state index is -0.303. The molecular formula is C18H20FN5O. The molecule has 0 saturated carbocycles. The first kappa shape index (κ1) is 15.8. The lowest BCUT2D eigenvalue weighted by Crippen LogP contribution is -2.39. The van der Waals surface area contributed by atoms with Crippen LogP contribution in [0.2, 0.25) is 0 Å². The third-order valence-corrected chi connectivity index (χ3v) is 4.87. The third kappa shape index (κ3) is 2.79. The first-order valence-corrected chi connectivity index (χ1v) is 8.50. The lowest BCUT2D eigenvalue weighted by Gasteiger charge is -2.34. The van der Waals surface area contributed by atoms with E-state index in [1.807, 2.05) is 24.9 Å². The Morgan fingerprint density at radius 1 is 1.32 bits per heavy atom. The normalized spacial score (nSPS) is 18.0. The molecule has 1 aliphatic heterocycles. The summed E-state index contributed by atoms with van der Waals surface area (Å²) in [6.45, 7) is 2.59. The number of hydrogen-bond acceptors (Lipinski definition) is 3. The van der Waals surface area contributed by atoms with E-state index in [-0.39, 0.29) is 17.8 Å². The highest BCUT2D eigenvalue weighted by molar-refractivity contribution is 5.92. The first-order valence-electron chi connectivity index (χ1n) is 8.50. The van der Waals surface area contributed by atoms with E-state index in [4.69, 9.17) is 0 Å². The molecule has 1 atom stereocenters. The quantitative estimate of drug-likeness (QED) is 0.779. The molecule has 130 valence electrons. The van der Waals surface area contributed by atoms with E-state index in [0.717, 1.165) is 25.0 Å². The number of fused-ring (bicyclic) bond motifs is 1. The summed E-state index contributed by atoms with van der Waals surface area (Å²) in [5.74, 6) is 0.324. The molecule has 2 aromatic heterocycles. The molecule has 4 rings (SSSR count). The van der Waals surface area contributed by atoms with Crippen molar-refractivity contribution < 1.29 is 9.18 Å². The van der Waals surface area contributed by atoms with Crippen LogP contribution in [0.5, 0.6) is 0 Å². The van der Waals surface area contributed by atoms with Crippen molar-refractivity contribution in [3.8, 4) is 0 Å². The number of carbonyl (C=O) groups is 1. The van der Waals surface area contributed by atoms with Gasteiger partial charge in [0.25, 0.3) is 5.91 Å². The zero-order valence-corrected chi connectivity index (χ0v) is 14.3. The number of halogens is 1. The summed E-state index contributed by atoms with van der Waals surface area (Å²) in [6, 6.07) is 6.15. The molecule has 0 bridgehead atoms. The number of aryl methyl sites for hydroxylation is 2. The summed E-state index contributed by atoms with van der Waals surface area (Å²) in [4.78, 5) is 22.6. The van der Waals surface area contributed by atoms with Crippen LogP contribution in [0.3, 0.4) is 0 Å². The van der Waals surface area contributed by atoms with E-state index in [2.05, 4.69) is 15.1 Å². The maximum atomic E-state index is 13.4. The van der Waals surface area contributed by atoms with Crippen LogP contribution in [0, 0.1) is 12.7 Å². The van der Waals surface area contributed by atoms with Crippen molar-refractivity contribution in [2.75, 3.05) is 6.54 Å². The molecule has 1 saturated heterocycles. The van der Waals surface area contributed by atoms with Crippen molar-refractivity contribution in [1.29, 1.82) is 0 Å². The second-order valence-electron chi connectivity index (χ2n) is 6.59. The Hall–Kier alpha value is -2.70. The topological polar surface area (TPSA) is 66.8 Å². The van der Waals surface area contributed by atoms with E-state index >= 15 is 0 Å².